The van der Waals surface area contributed by atoms with Crippen LogP contribution in [0, 0.1) is 5.92 Å². The predicted octanol–water partition coefficient (Wildman–Crippen LogP) is 3.13. The van der Waals surface area contributed by atoms with Gasteiger partial charge < -0.3 is 10.0 Å². The molecule has 0 amide bonds. The Morgan fingerprint density at radius 1 is 1.47 bits per heavy atom. The smallest absolute Gasteiger partial charge is 0.312 e. The molecule has 5 heteroatoms. The molecule has 0 aromatic carbocycles. The second-order valence-electron chi connectivity index (χ2n) is 5.87. The van der Waals surface area contributed by atoms with E-state index in [0.717, 1.165) is 28.7 Å². The van der Waals surface area contributed by atoms with Crippen molar-refractivity contribution < 1.29 is 9.90 Å². The molecule has 0 saturated carbocycles. The van der Waals surface area contributed by atoms with Gasteiger partial charge in [0.2, 0.25) is 0 Å². The lowest BCUT2D eigenvalue weighted by atomic mass is 10.1. The lowest BCUT2D eigenvalue weighted by Crippen LogP contribution is -2.34. The van der Waals surface area contributed by atoms with Crippen LogP contribution in [-0.4, -0.2) is 28.6 Å². The SMILES string of the molecule is CC(C)CN(c1nc2c(s1)CCC2C(=O)O)C(C)C. The molecule has 1 atom stereocenters. The highest BCUT2D eigenvalue weighted by molar-refractivity contribution is 7.15. The number of fused-ring (bicyclic) bond motifs is 1. The van der Waals surface area contributed by atoms with E-state index in [2.05, 4.69) is 37.6 Å². The van der Waals surface area contributed by atoms with Gasteiger partial charge >= 0.3 is 5.97 Å². The predicted molar refractivity (Wildman–Crippen MR) is 78.1 cm³/mol. The molecule has 0 aliphatic heterocycles. The minimum atomic E-state index is -0.740. The first kappa shape index (κ1) is 14.3. The molecule has 1 N–H and O–H groups in total. The van der Waals surface area contributed by atoms with Gasteiger partial charge in [0.05, 0.1) is 5.69 Å². The Labute approximate surface area is 118 Å². The molecule has 4 nitrogen and oxygen atoms in total. The van der Waals surface area contributed by atoms with E-state index in [1.54, 1.807) is 11.3 Å². The molecule has 0 fully saturated rings. The number of hydrogen-bond acceptors (Lipinski definition) is 4. The Balaban J connectivity index is 2.26. The van der Waals surface area contributed by atoms with Crippen molar-refractivity contribution in [2.24, 2.45) is 5.92 Å². The second-order valence-corrected chi connectivity index (χ2v) is 6.94. The van der Waals surface area contributed by atoms with Gasteiger partial charge in [-0.15, -0.1) is 11.3 Å². The highest BCUT2D eigenvalue weighted by Crippen LogP contribution is 2.40. The van der Waals surface area contributed by atoms with Gasteiger partial charge in [0, 0.05) is 17.5 Å². The van der Waals surface area contributed by atoms with Crippen LogP contribution >= 0.6 is 11.3 Å². The Morgan fingerprint density at radius 3 is 2.68 bits per heavy atom. The van der Waals surface area contributed by atoms with Crippen LogP contribution in [0.25, 0.3) is 0 Å². The molecule has 0 radical (unpaired) electrons. The summed E-state index contributed by atoms with van der Waals surface area (Å²) in [4.78, 5) is 19.3. The summed E-state index contributed by atoms with van der Waals surface area (Å²) in [5.41, 5.74) is 0.807. The highest BCUT2D eigenvalue weighted by atomic mass is 32.1. The summed E-state index contributed by atoms with van der Waals surface area (Å²) in [5, 5.41) is 10.2. The molecule has 0 saturated heterocycles. The molecule has 1 unspecified atom stereocenters. The zero-order valence-electron chi connectivity index (χ0n) is 12.0. The summed E-state index contributed by atoms with van der Waals surface area (Å²) in [5.74, 6) is -0.569. The van der Waals surface area contributed by atoms with Crippen LogP contribution in [0.15, 0.2) is 0 Å². The summed E-state index contributed by atoms with van der Waals surface area (Å²) in [6.07, 6.45) is 1.56. The molecular formula is C14H22N2O2S. The monoisotopic (exact) mass is 282 g/mol. The number of carbonyl (C=O) groups is 1. The van der Waals surface area contributed by atoms with Crippen molar-refractivity contribution in [2.45, 2.75) is 52.5 Å². The van der Waals surface area contributed by atoms with Crippen molar-refractivity contribution in [3.63, 3.8) is 0 Å². The standard InChI is InChI=1S/C14H22N2O2S/c1-8(2)7-16(9(3)4)14-15-12-10(13(17)18)5-6-11(12)19-14/h8-10H,5-7H2,1-4H3,(H,17,18). The maximum atomic E-state index is 11.2. The Hall–Kier alpha value is -1.10. The molecule has 1 heterocycles. The number of aryl methyl sites for hydroxylation is 1. The van der Waals surface area contributed by atoms with Gasteiger partial charge in [-0.25, -0.2) is 4.98 Å². The van der Waals surface area contributed by atoms with E-state index in [-0.39, 0.29) is 0 Å². The maximum Gasteiger partial charge on any atom is 0.312 e. The number of aliphatic carboxylic acids is 1. The topological polar surface area (TPSA) is 53.4 Å². The van der Waals surface area contributed by atoms with E-state index in [0.29, 0.717) is 18.4 Å². The number of rotatable bonds is 5. The number of carboxylic acid groups (broad SMARTS) is 1. The van der Waals surface area contributed by atoms with Crippen molar-refractivity contribution >= 4 is 22.4 Å². The molecule has 106 valence electrons. The van der Waals surface area contributed by atoms with Gasteiger partial charge in [0.1, 0.15) is 5.92 Å². The van der Waals surface area contributed by atoms with Gasteiger partial charge in [-0.05, 0) is 32.6 Å². The van der Waals surface area contributed by atoms with Gasteiger partial charge in [0.25, 0.3) is 0 Å². The lowest BCUT2D eigenvalue weighted by molar-refractivity contribution is -0.138. The van der Waals surface area contributed by atoms with Crippen LogP contribution in [0.4, 0.5) is 5.13 Å². The Bertz CT molecular complexity index is 468. The number of thiazole rings is 1. The van der Waals surface area contributed by atoms with Crippen molar-refractivity contribution in [1.82, 2.24) is 4.98 Å². The Morgan fingerprint density at radius 2 is 2.16 bits per heavy atom. The van der Waals surface area contributed by atoms with Crippen molar-refractivity contribution in [1.29, 1.82) is 0 Å². The normalized spacial score (nSPS) is 18.1. The van der Waals surface area contributed by atoms with E-state index in [4.69, 9.17) is 0 Å². The van der Waals surface area contributed by atoms with Gasteiger partial charge in [-0.1, -0.05) is 13.8 Å². The fourth-order valence-corrected chi connectivity index (χ4v) is 3.76. The number of aromatic nitrogens is 1. The summed E-state index contributed by atoms with van der Waals surface area (Å²) < 4.78 is 0. The number of hydrogen-bond donors (Lipinski definition) is 1. The van der Waals surface area contributed by atoms with Gasteiger partial charge in [-0.3, -0.25) is 4.79 Å². The van der Waals surface area contributed by atoms with E-state index in [1.165, 1.54) is 0 Å². The molecule has 0 spiro atoms. The average molecular weight is 282 g/mol. The third-order valence-electron chi connectivity index (χ3n) is 3.44. The number of carboxylic acids is 1. The molecule has 19 heavy (non-hydrogen) atoms. The third-order valence-corrected chi connectivity index (χ3v) is 4.60. The lowest BCUT2D eigenvalue weighted by Gasteiger charge is -2.28. The quantitative estimate of drug-likeness (QED) is 0.901. The van der Waals surface area contributed by atoms with E-state index >= 15 is 0 Å². The van der Waals surface area contributed by atoms with E-state index in [1.807, 2.05) is 0 Å². The molecule has 1 aromatic rings. The first-order valence-corrected chi connectivity index (χ1v) is 7.70. The van der Waals surface area contributed by atoms with Crippen LogP contribution in [-0.2, 0) is 11.2 Å². The zero-order chi connectivity index (χ0) is 14.2. The number of anilines is 1. The van der Waals surface area contributed by atoms with Gasteiger partial charge in [-0.2, -0.15) is 0 Å². The average Bonchev–Trinajstić information content (AvgIpc) is 2.83. The van der Waals surface area contributed by atoms with Crippen LogP contribution in [0.3, 0.4) is 0 Å². The van der Waals surface area contributed by atoms with Gasteiger partial charge in [0.15, 0.2) is 5.13 Å². The summed E-state index contributed by atoms with van der Waals surface area (Å²) >= 11 is 1.67. The fraction of sp³-hybridized carbons (Fsp3) is 0.714. The third kappa shape index (κ3) is 2.91. The maximum absolute atomic E-state index is 11.2. The molecule has 1 aliphatic carbocycles. The second kappa shape index (κ2) is 5.49. The van der Waals surface area contributed by atoms with Crippen LogP contribution < -0.4 is 4.90 Å². The van der Waals surface area contributed by atoms with Crippen molar-refractivity contribution in [3.05, 3.63) is 10.6 Å². The summed E-state index contributed by atoms with van der Waals surface area (Å²) in [6.45, 7) is 9.66. The first-order valence-electron chi connectivity index (χ1n) is 6.89. The minimum absolute atomic E-state index is 0.386. The van der Waals surface area contributed by atoms with Crippen LogP contribution in [0.2, 0.25) is 0 Å². The van der Waals surface area contributed by atoms with Crippen molar-refractivity contribution in [2.75, 3.05) is 11.4 Å². The summed E-state index contributed by atoms with van der Waals surface area (Å²) in [6, 6.07) is 0.386. The Kier molecular flexibility index (Phi) is 4.13. The number of nitrogens with zero attached hydrogens (tertiary/aromatic N) is 2. The fourth-order valence-electron chi connectivity index (χ4n) is 2.48. The molecular weight excluding hydrogens is 260 g/mol. The van der Waals surface area contributed by atoms with E-state index in [9.17, 15) is 9.90 Å². The first-order chi connectivity index (χ1) is 8.90. The molecule has 1 aliphatic rings. The zero-order valence-corrected chi connectivity index (χ0v) is 12.8. The molecule has 1 aromatic heterocycles. The summed E-state index contributed by atoms with van der Waals surface area (Å²) in [7, 11) is 0. The van der Waals surface area contributed by atoms with E-state index < -0.39 is 11.9 Å². The van der Waals surface area contributed by atoms with Crippen LogP contribution in [0.1, 0.15) is 50.6 Å². The molecule has 2 rings (SSSR count). The minimum Gasteiger partial charge on any atom is -0.481 e. The van der Waals surface area contributed by atoms with Crippen LogP contribution in [0.5, 0.6) is 0 Å². The largest absolute Gasteiger partial charge is 0.481 e. The van der Waals surface area contributed by atoms with Crippen molar-refractivity contribution in [3.8, 4) is 0 Å². The molecule has 0 bridgehead atoms. The highest BCUT2D eigenvalue weighted by Gasteiger charge is 2.33.